The second kappa shape index (κ2) is 10.1. The molecule has 170 valence electrons. The van der Waals surface area contributed by atoms with E-state index in [-0.39, 0.29) is 23.3 Å². The van der Waals surface area contributed by atoms with Gasteiger partial charge in [-0.05, 0) is 37.1 Å². The molecule has 1 fully saturated rings. The molecule has 0 unspecified atom stereocenters. The first kappa shape index (κ1) is 24.5. The third kappa shape index (κ3) is 5.91. The van der Waals surface area contributed by atoms with Crippen molar-refractivity contribution in [1.82, 2.24) is 18.2 Å². The number of carbonyl (C=O) groups is 1. The van der Waals surface area contributed by atoms with Crippen LogP contribution in [0.5, 0.6) is 5.75 Å². The second-order valence-electron chi connectivity index (χ2n) is 7.36. The van der Waals surface area contributed by atoms with Gasteiger partial charge in [-0.15, -0.1) is 0 Å². The molecule has 1 saturated heterocycles. The molecule has 1 aromatic carbocycles. The Balaban J connectivity index is 1.74. The Morgan fingerprint density at radius 2 is 1.60 bits per heavy atom. The fraction of sp³-hybridized carbons (Fsp3) is 0.611. The van der Waals surface area contributed by atoms with Gasteiger partial charge in [0.2, 0.25) is 15.9 Å². The van der Waals surface area contributed by atoms with Gasteiger partial charge in [-0.2, -0.15) is 17.0 Å². The lowest BCUT2D eigenvalue weighted by molar-refractivity contribution is -0.126. The van der Waals surface area contributed by atoms with Crippen LogP contribution in [0, 0.1) is 5.92 Å². The molecule has 1 N–H and O–H groups in total. The summed E-state index contributed by atoms with van der Waals surface area (Å²) in [6, 6.07) is 6.08. The molecule has 12 heteroatoms. The number of piperidine rings is 1. The number of amides is 1. The van der Waals surface area contributed by atoms with Gasteiger partial charge in [-0.25, -0.2) is 12.7 Å². The molecule has 1 heterocycles. The van der Waals surface area contributed by atoms with Crippen LogP contribution >= 0.6 is 0 Å². The average molecular weight is 463 g/mol. The first-order chi connectivity index (χ1) is 14.0. The minimum Gasteiger partial charge on any atom is -0.492 e. The highest BCUT2D eigenvalue weighted by molar-refractivity contribution is 7.89. The van der Waals surface area contributed by atoms with Crippen LogP contribution in [0.3, 0.4) is 0 Å². The monoisotopic (exact) mass is 462 g/mol. The van der Waals surface area contributed by atoms with E-state index in [4.69, 9.17) is 4.74 Å². The van der Waals surface area contributed by atoms with Gasteiger partial charge >= 0.3 is 0 Å². The molecule has 1 aromatic rings. The SMILES string of the molecule is CN(C)S(=O)(=O)c1ccc(OCCNC(=O)C2CCN(S(=O)(=O)N(C)C)CC2)cc1. The zero-order valence-electron chi connectivity index (χ0n) is 17.7. The lowest BCUT2D eigenvalue weighted by Gasteiger charge is -2.32. The summed E-state index contributed by atoms with van der Waals surface area (Å²) in [7, 11) is -1.02. The summed E-state index contributed by atoms with van der Waals surface area (Å²) in [5.74, 6) is 0.159. The smallest absolute Gasteiger partial charge is 0.281 e. The molecule has 0 spiro atoms. The van der Waals surface area contributed by atoms with Gasteiger partial charge in [0.15, 0.2) is 0 Å². The summed E-state index contributed by atoms with van der Waals surface area (Å²) in [5.41, 5.74) is 0. The number of rotatable bonds is 9. The summed E-state index contributed by atoms with van der Waals surface area (Å²) in [5, 5.41) is 2.80. The van der Waals surface area contributed by atoms with Crippen LogP contribution in [-0.2, 0) is 25.0 Å². The highest BCUT2D eigenvalue weighted by atomic mass is 32.2. The molecule has 2 rings (SSSR count). The van der Waals surface area contributed by atoms with Crippen molar-refractivity contribution in [1.29, 1.82) is 0 Å². The number of ether oxygens (including phenoxy) is 1. The number of hydrogen-bond donors (Lipinski definition) is 1. The number of nitrogens with zero attached hydrogens (tertiary/aromatic N) is 3. The Bertz CT molecular complexity index is 922. The maximum absolute atomic E-state index is 12.3. The second-order valence-corrected chi connectivity index (χ2v) is 11.7. The van der Waals surface area contributed by atoms with Gasteiger partial charge < -0.3 is 10.1 Å². The van der Waals surface area contributed by atoms with Crippen molar-refractivity contribution in [3.05, 3.63) is 24.3 Å². The molecule has 0 aromatic heterocycles. The normalized spacial score (nSPS) is 16.7. The third-order valence-electron chi connectivity index (χ3n) is 4.88. The maximum atomic E-state index is 12.3. The minimum atomic E-state index is -3.48. The zero-order chi connectivity index (χ0) is 22.5. The molecular formula is C18H30N4O6S2. The van der Waals surface area contributed by atoms with Crippen LogP contribution in [-0.4, -0.2) is 90.1 Å². The van der Waals surface area contributed by atoms with Gasteiger partial charge in [0.1, 0.15) is 12.4 Å². The van der Waals surface area contributed by atoms with E-state index in [1.165, 1.54) is 48.9 Å². The lowest BCUT2D eigenvalue weighted by Crippen LogP contribution is -2.47. The van der Waals surface area contributed by atoms with Gasteiger partial charge in [0.25, 0.3) is 10.2 Å². The number of nitrogens with one attached hydrogen (secondary N) is 1. The molecule has 1 amide bonds. The standard InChI is InChI=1S/C18H30N4O6S2/c1-20(2)29(24,25)17-7-5-16(6-8-17)28-14-11-19-18(23)15-9-12-22(13-10-15)30(26,27)21(3)4/h5-8,15H,9-14H2,1-4H3,(H,19,23). The van der Waals surface area contributed by atoms with E-state index < -0.39 is 20.2 Å². The molecular weight excluding hydrogens is 432 g/mol. The largest absolute Gasteiger partial charge is 0.492 e. The minimum absolute atomic E-state index is 0.118. The third-order valence-corrected chi connectivity index (χ3v) is 8.65. The summed E-state index contributed by atoms with van der Waals surface area (Å²) in [4.78, 5) is 12.5. The summed E-state index contributed by atoms with van der Waals surface area (Å²) < 4.78 is 57.5. The van der Waals surface area contributed by atoms with Crippen molar-refractivity contribution in [3.63, 3.8) is 0 Å². The molecule has 1 aliphatic rings. The van der Waals surface area contributed by atoms with Crippen LogP contribution in [0.25, 0.3) is 0 Å². The fourth-order valence-electron chi connectivity index (χ4n) is 2.99. The quantitative estimate of drug-likeness (QED) is 0.515. The molecule has 0 saturated carbocycles. The van der Waals surface area contributed by atoms with Crippen molar-refractivity contribution in [2.75, 3.05) is 54.4 Å². The predicted molar refractivity (Wildman–Crippen MR) is 113 cm³/mol. The predicted octanol–water partition coefficient (Wildman–Crippen LogP) is -0.0497. The van der Waals surface area contributed by atoms with Crippen LogP contribution in [0.2, 0.25) is 0 Å². The Kier molecular flexibility index (Phi) is 8.22. The van der Waals surface area contributed by atoms with Gasteiger partial charge in [-0.1, -0.05) is 0 Å². The molecule has 0 atom stereocenters. The van der Waals surface area contributed by atoms with E-state index in [0.29, 0.717) is 38.2 Å². The zero-order valence-corrected chi connectivity index (χ0v) is 19.4. The van der Waals surface area contributed by atoms with Crippen LogP contribution in [0.15, 0.2) is 29.2 Å². The number of carbonyl (C=O) groups excluding carboxylic acids is 1. The number of benzene rings is 1. The van der Waals surface area contributed by atoms with Crippen LogP contribution in [0.4, 0.5) is 0 Å². The Hall–Kier alpha value is -1.73. The molecule has 0 radical (unpaired) electrons. The maximum Gasteiger partial charge on any atom is 0.281 e. The first-order valence-electron chi connectivity index (χ1n) is 9.57. The van der Waals surface area contributed by atoms with Crippen LogP contribution < -0.4 is 10.1 Å². The lowest BCUT2D eigenvalue weighted by atomic mass is 9.97. The highest BCUT2D eigenvalue weighted by Gasteiger charge is 2.32. The topological polar surface area (TPSA) is 116 Å². The Labute approximate surface area is 179 Å². The highest BCUT2D eigenvalue weighted by Crippen LogP contribution is 2.21. The van der Waals surface area contributed by atoms with Crippen molar-refractivity contribution in [3.8, 4) is 5.75 Å². The average Bonchev–Trinajstić information content (AvgIpc) is 2.71. The fourth-order valence-corrected chi connectivity index (χ4v) is 5.02. The summed E-state index contributed by atoms with van der Waals surface area (Å²) in [6.07, 6.45) is 0.948. The summed E-state index contributed by atoms with van der Waals surface area (Å²) in [6.45, 7) is 1.17. The number of sulfonamides is 1. The van der Waals surface area contributed by atoms with E-state index in [9.17, 15) is 21.6 Å². The Morgan fingerprint density at radius 1 is 1.03 bits per heavy atom. The molecule has 30 heavy (non-hydrogen) atoms. The van der Waals surface area contributed by atoms with Crippen molar-refractivity contribution < 1.29 is 26.4 Å². The molecule has 0 bridgehead atoms. The molecule has 1 aliphatic heterocycles. The van der Waals surface area contributed by atoms with E-state index in [1.54, 1.807) is 12.1 Å². The van der Waals surface area contributed by atoms with E-state index >= 15 is 0 Å². The first-order valence-corrected chi connectivity index (χ1v) is 12.4. The van der Waals surface area contributed by atoms with Gasteiger partial charge in [0, 0.05) is 47.2 Å². The van der Waals surface area contributed by atoms with E-state index in [0.717, 1.165) is 4.31 Å². The Morgan fingerprint density at radius 3 is 2.10 bits per heavy atom. The van der Waals surface area contributed by atoms with Crippen LogP contribution in [0.1, 0.15) is 12.8 Å². The van der Waals surface area contributed by atoms with E-state index in [1.807, 2.05) is 0 Å². The van der Waals surface area contributed by atoms with E-state index in [2.05, 4.69) is 5.32 Å². The van der Waals surface area contributed by atoms with Gasteiger partial charge in [-0.3, -0.25) is 4.79 Å². The van der Waals surface area contributed by atoms with Crippen molar-refractivity contribution in [2.45, 2.75) is 17.7 Å². The summed E-state index contributed by atoms with van der Waals surface area (Å²) >= 11 is 0. The molecule has 0 aliphatic carbocycles. The molecule has 10 nitrogen and oxygen atoms in total. The van der Waals surface area contributed by atoms with Crippen molar-refractivity contribution in [2.24, 2.45) is 5.92 Å². The van der Waals surface area contributed by atoms with Crippen molar-refractivity contribution >= 4 is 26.1 Å². The van der Waals surface area contributed by atoms with Gasteiger partial charge in [0.05, 0.1) is 11.4 Å². The number of hydrogen-bond acceptors (Lipinski definition) is 6.